The molecule has 0 bridgehead atoms. The summed E-state index contributed by atoms with van der Waals surface area (Å²) in [6.45, 7) is 10.8. The van der Waals surface area contributed by atoms with E-state index in [4.69, 9.17) is 0 Å². The Bertz CT molecular complexity index is 183. The van der Waals surface area contributed by atoms with Crippen LogP contribution in [0.2, 0.25) is 0 Å². The molecule has 0 radical (unpaired) electrons. The molecule has 0 aliphatic carbocycles. The van der Waals surface area contributed by atoms with E-state index in [9.17, 15) is 0 Å². The standard InChI is InChI=1S/C13H26N2/c1-5-7-11-15(12-8-6-2)14-10-9-13(3)4/h9-10H,5-8,11-12H2,1-4H3/b14-10+. The predicted molar refractivity (Wildman–Crippen MR) is 69.3 cm³/mol. The Morgan fingerprint density at radius 2 is 1.60 bits per heavy atom. The van der Waals surface area contributed by atoms with Crippen molar-refractivity contribution in [3.63, 3.8) is 0 Å². The van der Waals surface area contributed by atoms with E-state index in [0.29, 0.717) is 0 Å². The summed E-state index contributed by atoms with van der Waals surface area (Å²) in [7, 11) is 0. The van der Waals surface area contributed by atoms with E-state index in [-0.39, 0.29) is 0 Å². The molecule has 0 aromatic carbocycles. The molecule has 0 saturated heterocycles. The van der Waals surface area contributed by atoms with Gasteiger partial charge in [-0.05, 0) is 32.8 Å². The molecule has 0 atom stereocenters. The molecule has 0 unspecified atom stereocenters. The lowest BCUT2D eigenvalue weighted by molar-refractivity contribution is 0.280. The van der Waals surface area contributed by atoms with Gasteiger partial charge in [0.15, 0.2) is 0 Å². The van der Waals surface area contributed by atoms with Gasteiger partial charge in [0.05, 0.1) is 0 Å². The van der Waals surface area contributed by atoms with Crippen molar-refractivity contribution in [1.29, 1.82) is 0 Å². The van der Waals surface area contributed by atoms with Gasteiger partial charge in [-0.25, -0.2) is 0 Å². The summed E-state index contributed by atoms with van der Waals surface area (Å²) in [5.41, 5.74) is 1.30. The number of allylic oxidation sites excluding steroid dienone is 2. The van der Waals surface area contributed by atoms with Gasteiger partial charge >= 0.3 is 0 Å². The molecule has 0 saturated carbocycles. The minimum atomic E-state index is 1.09. The lowest BCUT2D eigenvalue weighted by Crippen LogP contribution is -2.20. The van der Waals surface area contributed by atoms with Crippen LogP contribution in [0, 0.1) is 0 Å². The van der Waals surface area contributed by atoms with Gasteiger partial charge in [0, 0.05) is 19.3 Å². The highest BCUT2D eigenvalue weighted by Crippen LogP contribution is 1.99. The molecular formula is C13H26N2. The molecule has 0 amide bonds. The summed E-state index contributed by atoms with van der Waals surface area (Å²) in [6, 6.07) is 0. The van der Waals surface area contributed by atoms with Crippen molar-refractivity contribution in [1.82, 2.24) is 5.01 Å². The fourth-order valence-electron chi connectivity index (χ4n) is 1.19. The molecule has 88 valence electrons. The van der Waals surface area contributed by atoms with Gasteiger partial charge in [-0.15, -0.1) is 0 Å². The van der Waals surface area contributed by atoms with Crippen molar-refractivity contribution < 1.29 is 0 Å². The molecule has 0 rings (SSSR count). The third-order valence-electron chi connectivity index (χ3n) is 2.18. The van der Waals surface area contributed by atoms with Gasteiger partial charge < -0.3 is 0 Å². The molecule has 0 aliphatic heterocycles. The largest absolute Gasteiger partial charge is 0.297 e. The molecule has 0 spiro atoms. The minimum absolute atomic E-state index is 1.09. The summed E-state index contributed by atoms with van der Waals surface area (Å²) in [5, 5.41) is 6.66. The number of hydrogen-bond donors (Lipinski definition) is 0. The fourth-order valence-corrected chi connectivity index (χ4v) is 1.19. The van der Waals surface area contributed by atoms with Crippen LogP contribution >= 0.6 is 0 Å². The molecule has 2 nitrogen and oxygen atoms in total. The first-order chi connectivity index (χ1) is 7.20. The van der Waals surface area contributed by atoms with Crippen LogP contribution in [0.3, 0.4) is 0 Å². The van der Waals surface area contributed by atoms with Crippen LogP contribution in [0.4, 0.5) is 0 Å². The first-order valence-electron chi connectivity index (χ1n) is 6.13. The van der Waals surface area contributed by atoms with E-state index in [2.05, 4.69) is 43.9 Å². The zero-order chi connectivity index (χ0) is 11.5. The minimum Gasteiger partial charge on any atom is -0.297 e. The zero-order valence-electron chi connectivity index (χ0n) is 10.8. The van der Waals surface area contributed by atoms with Crippen LogP contribution in [0.1, 0.15) is 53.4 Å². The Labute approximate surface area is 95.1 Å². The van der Waals surface area contributed by atoms with Crippen molar-refractivity contribution in [3.05, 3.63) is 11.6 Å². The van der Waals surface area contributed by atoms with Gasteiger partial charge in [-0.1, -0.05) is 32.3 Å². The van der Waals surface area contributed by atoms with Gasteiger partial charge in [-0.3, -0.25) is 5.01 Å². The summed E-state index contributed by atoms with van der Waals surface area (Å²) in [4.78, 5) is 0. The average Bonchev–Trinajstić information content (AvgIpc) is 2.20. The summed E-state index contributed by atoms with van der Waals surface area (Å²) >= 11 is 0. The molecule has 0 heterocycles. The SMILES string of the molecule is CCCCN(CCCC)/N=C/C=C(C)C. The van der Waals surface area contributed by atoms with E-state index >= 15 is 0 Å². The van der Waals surface area contributed by atoms with Crippen LogP contribution in [-0.4, -0.2) is 24.3 Å². The average molecular weight is 210 g/mol. The number of hydrogen-bond acceptors (Lipinski definition) is 2. The Morgan fingerprint density at radius 3 is 2.00 bits per heavy atom. The van der Waals surface area contributed by atoms with Crippen LogP contribution < -0.4 is 0 Å². The van der Waals surface area contributed by atoms with E-state index in [1.807, 2.05) is 6.21 Å². The maximum Gasteiger partial charge on any atom is 0.0469 e. The highest BCUT2D eigenvalue weighted by Gasteiger charge is 1.97. The molecule has 0 aromatic heterocycles. The maximum absolute atomic E-state index is 4.47. The molecular weight excluding hydrogens is 184 g/mol. The lowest BCUT2D eigenvalue weighted by Gasteiger charge is -2.17. The monoisotopic (exact) mass is 210 g/mol. The smallest absolute Gasteiger partial charge is 0.0469 e. The van der Waals surface area contributed by atoms with Gasteiger partial charge in [-0.2, -0.15) is 5.10 Å². The number of hydrazone groups is 1. The van der Waals surface area contributed by atoms with Crippen molar-refractivity contribution in [2.24, 2.45) is 5.10 Å². The Balaban J connectivity index is 3.98. The maximum atomic E-state index is 4.47. The summed E-state index contributed by atoms with van der Waals surface area (Å²) < 4.78 is 0. The van der Waals surface area contributed by atoms with Crippen molar-refractivity contribution in [2.75, 3.05) is 13.1 Å². The normalized spacial score (nSPS) is 10.7. The van der Waals surface area contributed by atoms with E-state index in [1.54, 1.807) is 0 Å². The van der Waals surface area contributed by atoms with Crippen LogP contribution in [0.5, 0.6) is 0 Å². The predicted octanol–water partition coefficient (Wildman–Crippen LogP) is 3.84. The van der Waals surface area contributed by atoms with Gasteiger partial charge in [0.1, 0.15) is 0 Å². The quantitative estimate of drug-likeness (QED) is 0.439. The van der Waals surface area contributed by atoms with Crippen LogP contribution in [0.25, 0.3) is 0 Å². The topological polar surface area (TPSA) is 15.6 Å². The third kappa shape index (κ3) is 9.51. The van der Waals surface area contributed by atoms with E-state index in [1.165, 1.54) is 31.3 Å². The molecule has 2 heteroatoms. The second-order valence-corrected chi connectivity index (χ2v) is 4.17. The molecule has 0 N–H and O–H groups in total. The zero-order valence-corrected chi connectivity index (χ0v) is 10.8. The lowest BCUT2D eigenvalue weighted by atomic mass is 10.3. The van der Waals surface area contributed by atoms with Crippen molar-refractivity contribution in [3.8, 4) is 0 Å². The van der Waals surface area contributed by atoms with Crippen LogP contribution in [-0.2, 0) is 0 Å². The van der Waals surface area contributed by atoms with E-state index < -0.39 is 0 Å². The molecule has 15 heavy (non-hydrogen) atoms. The van der Waals surface area contributed by atoms with Crippen molar-refractivity contribution >= 4 is 6.21 Å². The molecule has 0 fully saturated rings. The van der Waals surface area contributed by atoms with Gasteiger partial charge in [0.25, 0.3) is 0 Å². The van der Waals surface area contributed by atoms with E-state index in [0.717, 1.165) is 13.1 Å². The number of rotatable bonds is 8. The summed E-state index contributed by atoms with van der Waals surface area (Å²) in [5.74, 6) is 0. The highest BCUT2D eigenvalue weighted by molar-refractivity contribution is 5.71. The van der Waals surface area contributed by atoms with Crippen LogP contribution in [0.15, 0.2) is 16.8 Å². The Kier molecular flexibility index (Phi) is 9.24. The first kappa shape index (κ1) is 14.2. The van der Waals surface area contributed by atoms with Gasteiger partial charge in [0.2, 0.25) is 0 Å². The summed E-state index contributed by atoms with van der Waals surface area (Å²) in [6.07, 6.45) is 8.92. The Hall–Kier alpha value is -0.790. The number of unbranched alkanes of at least 4 members (excludes halogenated alkanes) is 2. The number of nitrogens with zero attached hydrogens (tertiary/aromatic N) is 2. The molecule has 0 aromatic rings. The first-order valence-corrected chi connectivity index (χ1v) is 6.13. The van der Waals surface area contributed by atoms with Crippen molar-refractivity contribution in [2.45, 2.75) is 53.4 Å². The highest BCUT2D eigenvalue weighted by atomic mass is 15.4. The third-order valence-corrected chi connectivity index (χ3v) is 2.18. The molecule has 0 aliphatic rings. The Morgan fingerprint density at radius 1 is 1.07 bits per heavy atom. The second kappa shape index (κ2) is 9.75. The fraction of sp³-hybridized carbons (Fsp3) is 0.769. The second-order valence-electron chi connectivity index (χ2n) is 4.17.